The van der Waals surface area contributed by atoms with Crippen molar-refractivity contribution in [3.8, 4) is 0 Å². The van der Waals surface area contributed by atoms with Crippen molar-refractivity contribution in [1.29, 1.82) is 0 Å². The molecular formula is C20H27ClO8. The van der Waals surface area contributed by atoms with Crippen molar-refractivity contribution in [3.63, 3.8) is 0 Å². The maximum Gasteiger partial charge on any atom is 0.309 e. The van der Waals surface area contributed by atoms with Gasteiger partial charge in [-0.15, -0.1) is 11.6 Å². The van der Waals surface area contributed by atoms with E-state index in [0.717, 1.165) is 0 Å². The van der Waals surface area contributed by atoms with Crippen molar-refractivity contribution in [2.24, 2.45) is 11.8 Å². The van der Waals surface area contributed by atoms with Crippen LogP contribution >= 0.6 is 11.6 Å². The Morgan fingerprint density at radius 3 is 2.52 bits per heavy atom. The minimum absolute atomic E-state index is 0.0740. The summed E-state index contributed by atoms with van der Waals surface area (Å²) >= 11 is 6.06. The van der Waals surface area contributed by atoms with Crippen LogP contribution in [-0.2, 0) is 33.3 Å². The summed E-state index contributed by atoms with van der Waals surface area (Å²) in [4.78, 5) is 35.2. The van der Waals surface area contributed by atoms with Crippen LogP contribution in [0.1, 0.15) is 40.5 Å². The highest BCUT2D eigenvalue weighted by Gasteiger charge is 2.58. The number of hydrogen-bond donors (Lipinski definition) is 1. The standard InChI is InChI=1S/C20H27ClO8/c1-5-16(23)26-8-13-9-27-19(29-17(24)6-11(2)3)18-14(13)7-15(28-12(4)22)20(18,25)10-21/h7,9,11,15,18-19,25H,5-6,8,10H2,1-4H3. The molecule has 0 bridgehead atoms. The Morgan fingerprint density at radius 1 is 1.28 bits per heavy atom. The van der Waals surface area contributed by atoms with Gasteiger partial charge in [0.25, 0.3) is 6.29 Å². The summed E-state index contributed by atoms with van der Waals surface area (Å²) in [7, 11) is 0. The molecule has 4 unspecified atom stereocenters. The Kier molecular flexibility index (Phi) is 7.71. The third-order valence-corrected chi connectivity index (χ3v) is 5.12. The van der Waals surface area contributed by atoms with Crippen molar-refractivity contribution >= 4 is 29.5 Å². The van der Waals surface area contributed by atoms with E-state index in [1.807, 2.05) is 13.8 Å². The molecule has 0 aromatic heterocycles. The lowest BCUT2D eigenvalue weighted by Crippen LogP contribution is -2.54. The van der Waals surface area contributed by atoms with Gasteiger partial charge in [0.1, 0.15) is 12.2 Å². The van der Waals surface area contributed by atoms with Crippen LogP contribution in [-0.4, -0.2) is 53.5 Å². The first-order chi connectivity index (χ1) is 13.6. The molecule has 162 valence electrons. The average Bonchev–Trinajstić information content (AvgIpc) is 2.93. The molecular weight excluding hydrogens is 404 g/mol. The maximum absolute atomic E-state index is 12.2. The number of hydrogen-bond acceptors (Lipinski definition) is 8. The average molecular weight is 431 g/mol. The van der Waals surface area contributed by atoms with Gasteiger partial charge in [0.15, 0.2) is 6.10 Å². The molecule has 0 aromatic rings. The number of halogens is 1. The van der Waals surface area contributed by atoms with Gasteiger partial charge in [-0.25, -0.2) is 0 Å². The summed E-state index contributed by atoms with van der Waals surface area (Å²) in [6.07, 6.45) is 0.990. The number of esters is 3. The van der Waals surface area contributed by atoms with E-state index in [-0.39, 0.29) is 31.2 Å². The second kappa shape index (κ2) is 9.63. The van der Waals surface area contributed by atoms with Gasteiger partial charge < -0.3 is 24.1 Å². The first-order valence-electron chi connectivity index (χ1n) is 9.49. The van der Waals surface area contributed by atoms with Gasteiger partial charge in [-0.2, -0.15) is 0 Å². The first kappa shape index (κ1) is 23.2. The number of carbonyl (C=O) groups excluding carboxylic acids is 3. The van der Waals surface area contributed by atoms with E-state index in [0.29, 0.717) is 11.1 Å². The monoisotopic (exact) mass is 430 g/mol. The molecule has 0 fully saturated rings. The number of alkyl halides is 1. The fourth-order valence-corrected chi connectivity index (χ4v) is 3.62. The van der Waals surface area contributed by atoms with E-state index >= 15 is 0 Å². The van der Waals surface area contributed by atoms with Crippen LogP contribution in [0.2, 0.25) is 0 Å². The van der Waals surface area contributed by atoms with Gasteiger partial charge in [0, 0.05) is 25.3 Å². The van der Waals surface area contributed by atoms with E-state index in [2.05, 4.69) is 0 Å². The molecule has 0 amide bonds. The van der Waals surface area contributed by atoms with Crippen molar-refractivity contribution < 1.29 is 38.4 Å². The molecule has 2 aliphatic rings. The van der Waals surface area contributed by atoms with Crippen LogP contribution in [0, 0.1) is 11.8 Å². The predicted molar refractivity (Wildman–Crippen MR) is 103 cm³/mol. The zero-order valence-corrected chi connectivity index (χ0v) is 17.7. The highest BCUT2D eigenvalue weighted by atomic mass is 35.5. The second-order valence-electron chi connectivity index (χ2n) is 7.50. The molecule has 0 saturated heterocycles. The van der Waals surface area contributed by atoms with Crippen LogP contribution in [0.5, 0.6) is 0 Å². The fourth-order valence-electron chi connectivity index (χ4n) is 3.30. The molecule has 0 aromatic carbocycles. The smallest absolute Gasteiger partial charge is 0.309 e. The number of aliphatic hydroxyl groups is 1. The maximum atomic E-state index is 12.2. The largest absolute Gasteiger partial charge is 0.461 e. The van der Waals surface area contributed by atoms with Gasteiger partial charge in [-0.05, 0) is 17.6 Å². The van der Waals surface area contributed by atoms with E-state index in [1.54, 1.807) is 6.92 Å². The number of rotatable bonds is 8. The molecule has 9 heteroatoms. The minimum atomic E-state index is -1.76. The molecule has 1 heterocycles. The summed E-state index contributed by atoms with van der Waals surface area (Å²) in [6.45, 7) is 6.52. The Hall–Kier alpha value is -2.06. The van der Waals surface area contributed by atoms with Crippen molar-refractivity contribution in [3.05, 3.63) is 23.5 Å². The van der Waals surface area contributed by atoms with E-state index < -0.39 is 41.8 Å². The molecule has 0 saturated carbocycles. The van der Waals surface area contributed by atoms with E-state index in [9.17, 15) is 19.5 Å². The summed E-state index contributed by atoms with van der Waals surface area (Å²) in [5, 5.41) is 11.2. The van der Waals surface area contributed by atoms with Crippen molar-refractivity contribution in [1.82, 2.24) is 0 Å². The topological polar surface area (TPSA) is 108 Å². The molecule has 8 nitrogen and oxygen atoms in total. The van der Waals surface area contributed by atoms with Gasteiger partial charge in [0.2, 0.25) is 0 Å². The van der Waals surface area contributed by atoms with Crippen molar-refractivity contribution in [2.75, 3.05) is 12.5 Å². The molecule has 1 aliphatic carbocycles. The van der Waals surface area contributed by atoms with Crippen LogP contribution in [0.25, 0.3) is 0 Å². The summed E-state index contributed by atoms with van der Waals surface area (Å²) < 4.78 is 21.4. The van der Waals surface area contributed by atoms with Crippen LogP contribution in [0.15, 0.2) is 23.5 Å². The minimum Gasteiger partial charge on any atom is -0.461 e. The first-order valence-corrected chi connectivity index (χ1v) is 10.0. The summed E-state index contributed by atoms with van der Waals surface area (Å²) in [5.41, 5.74) is -0.803. The lowest BCUT2D eigenvalue weighted by molar-refractivity contribution is -0.203. The second-order valence-corrected chi connectivity index (χ2v) is 7.77. The third kappa shape index (κ3) is 5.30. The lowest BCUT2D eigenvalue weighted by atomic mass is 9.82. The lowest BCUT2D eigenvalue weighted by Gasteiger charge is -2.39. The fraction of sp³-hybridized carbons (Fsp3) is 0.650. The highest BCUT2D eigenvalue weighted by Crippen LogP contribution is 2.47. The highest BCUT2D eigenvalue weighted by molar-refractivity contribution is 6.18. The number of fused-ring (bicyclic) bond motifs is 1. The van der Waals surface area contributed by atoms with Gasteiger partial charge >= 0.3 is 17.9 Å². The normalized spacial score (nSPS) is 28.0. The third-order valence-electron chi connectivity index (χ3n) is 4.69. The van der Waals surface area contributed by atoms with Crippen LogP contribution in [0.4, 0.5) is 0 Å². The Morgan fingerprint density at radius 2 is 1.97 bits per heavy atom. The summed E-state index contributed by atoms with van der Waals surface area (Å²) in [6, 6.07) is 0. The molecule has 1 N–H and O–H groups in total. The zero-order valence-electron chi connectivity index (χ0n) is 17.0. The van der Waals surface area contributed by atoms with Gasteiger partial charge in [-0.1, -0.05) is 20.8 Å². The molecule has 0 spiro atoms. The van der Waals surface area contributed by atoms with Crippen LogP contribution in [0.3, 0.4) is 0 Å². The van der Waals surface area contributed by atoms with Gasteiger partial charge in [0.05, 0.1) is 18.1 Å². The van der Waals surface area contributed by atoms with E-state index in [1.165, 1.54) is 19.3 Å². The number of ether oxygens (including phenoxy) is 4. The van der Waals surface area contributed by atoms with Gasteiger partial charge in [-0.3, -0.25) is 14.4 Å². The molecule has 1 aliphatic heterocycles. The quantitative estimate of drug-likeness (QED) is 0.355. The molecule has 0 radical (unpaired) electrons. The molecule has 29 heavy (non-hydrogen) atoms. The Balaban J connectivity index is 2.35. The molecule has 2 rings (SSSR count). The SMILES string of the molecule is CCC(=O)OCC1=COC(OC(=O)CC(C)C)C2C1=CC(OC(C)=O)C2(O)CCl. The predicted octanol–water partition coefficient (Wildman–Crippen LogP) is 2.23. The summed E-state index contributed by atoms with van der Waals surface area (Å²) in [5.74, 6) is -2.65. The molecule has 4 atom stereocenters. The Bertz CT molecular complexity index is 713. The van der Waals surface area contributed by atoms with Crippen LogP contribution < -0.4 is 0 Å². The number of carbonyl (C=O) groups is 3. The zero-order chi connectivity index (χ0) is 21.8. The van der Waals surface area contributed by atoms with E-state index in [4.69, 9.17) is 30.5 Å². The Labute approximate surface area is 174 Å². The van der Waals surface area contributed by atoms with Crippen molar-refractivity contribution in [2.45, 2.75) is 58.5 Å².